The van der Waals surface area contributed by atoms with E-state index >= 15 is 0 Å². The van der Waals surface area contributed by atoms with E-state index in [1.54, 1.807) is 0 Å². The lowest BCUT2D eigenvalue weighted by Crippen LogP contribution is -2.48. The van der Waals surface area contributed by atoms with Gasteiger partial charge in [-0.05, 0) is 45.8 Å². The number of benzene rings is 2. The second-order valence-electron chi connectivity index (χ2n) is 7.51. The Morgan fingerprint density at radius 2 is 1.77 bits per heavy atom. The molecule has 1 aliphatic rings. The molecular formula is C23H25BrN4O2. The number of aromatic nitrogens is 2. The Hall–Kier alpha value is -2.64. The lowest BCUT2D eigenvalue weighted by atomic mass is 10.1. The Labute approximate surface area is 185 Å². The number of aryl methyl sites for hydroxylation is 1. The number of carbonyl (C=O) groups is 1. The predicted molar refractivity (Wildman–Crippen MR) is 119 cm³/mol. The van der Waals surface area contributed by atoms with Gasteiger partial charge in [-0.2, -0.15) is 5.10 Å². The van der Waals surface area contributed by atoms with Crippen molar-refractivity contribution in [3.8, 4) is 5.75 Å². The topological polar surface area (TPSA) is 50.6 Å². The molecule has 1 fully saturated rings. The minimum absolute atomic E-state index is 0.0919. The van der Waals surface area contributed by atoms with Gasteiger partial charge in [0, 0.05) is 57.1 Å². The van der Waals surface area contributed by atoms with E-state index in [-0.39, 0.29) is 5.91 Å². The van der Waals surface area contributed by atoms with Gasteiger partial charge in [-0.3, -0.25) is 14.4 Å². The SMILES string of the molecule is Cn1cc(CN2CCN(C(=O)c3ccc(COc4ccccc4Br)cc3)CC2)cn1. The van der Waals surface area contributed by atoms with Crippen LogP contribution in [0.25, 0.3) is 0 Å². The van der Waals surface area contributed by atoms with Crippen molar-refractivity contribution in [1.29, 1.82) is 0 Å². The van der Waals surface area contributed by atoms with Crippen LogP contribution in [-0.2, 0) is 20.2 Å². The molecule has 7 heteroatoms. The Kier molecular flexibility index (Phi) is 6.50. The zero-order valence-electron chi connectivity index (χ0n) is 17.0. The van der Waals surface area contributed by atoms with Gasteiger partial charge >= 0.3 is 0 Å². The Morgan fingerprint density at radius 3 is 2.43 bits per heavy atom. The van der Waals surface area contributed by atoms with Gasteiger partial charge in [0.1, 0.15) is 12.4 Å². The summed E-state index contributed by atoms with van der Waals surface area (Å²) in [4.78, 5) is 17.2. The summed E-state index contributed by atoms with van der Waals surface area (Å²) in [5.74, 6) is 0.899. The molecule has 0 bridgehead atoms. The van der Waals surface area contributed by atoms with Gasteiger partial charge in [-0.15, -0.1) is 0 Å². The number of halogens is 1. The highest BCUT2D eigenvalue weighted by Crippen LogP contribution is 2.24. The van der Waals surface area contributed by atoms with Gasteiger partial charge < -0.3 is 9.64 Å². The Morgan fingerprint density at radius 1 is 1.03 bits per heavy atom. The molecule has 1 aliphatic heterocycles. The molecule has 0 N–H and O–H groups in total. The summed E-state index contributed by atoms with van der Waals surface area (Å²) < 4.78 is 8.60. The minimum Gasteiger partial charge on any atom is -0.488 e. The lowest BCUT2D eigenvalue weighted by molar-refractivity contribution is 0.0628. The Bertz CT molecular complexity index is 994. The molecule has 1 saturated heterocycles. The van der Waals surface area contributed by atoms with E-state index in [0.29, 0.717) is 6.61 Å². The third kappa shape index (κ3) is 5.09. The maximum absolute atomic E-state index is 12.9. The number of para-hydroxylation sites is 1. The van der Waals surface area contributed by atoms with Gasteiger partial charge in [0.25, 0.3) is 5.91 Å². The third-order valence-corrected chi connectivity index (χ3v) is 5.91. The molecule has 2 heterocycles. The highest BCUT2D eigenvalue weighted by atomic mass is 79.9. The highest BCUT2D eigenvalue weighted by molar-refractivity contribution is 9.10. The van der Waals surface area contributed by atoms with E-state index in [1.807, 2.05) is 77.6 Å². The van der Waals surface area contributed by atoms with Gasteiger partial charge in [-0.1, -0.05) is 24.3 Å². The summed E-state index contributed by atoms with van der Waals surface area (Å²) in [6.07, 6.45) is 3.94. The van der Waals surface area contributed by atoms with Crippen molar-refractivity contribution in [2.24, 2.45) is 7.05 Å². The first-order valence-corrected chi connectivity index (χ1v) is 10.8. The number of ether oxygens (including phenoxy) is 1. The fourth-order valence-electron chi connectivity index (χ4n) is 3.57. The summed E-state index contributed by atoms with van der Waals surface area (Å²) in [6.45, 7) is 4.57. The molecule has 0 unspecified atom stereocenters. The van der Waals surface area contributed by atoms with Gasteiger partial charge in [-0.25, -0.2) is 0 Å². The molecule has 1 aromatic heterocycles. The summed E-state index contributed by atoms with van der Waals surface area (Å²) in [7, 11) is 1.93. The molecule has 0 radical (unpaired) electrons. The summed E-state index contributed by atoms with van der Waals surface area (Å²) in [5.41, 5.74) is 2.96. The van der Waals surface area contributed by atoms with Gasteiger partial charge in [0.15, 0.2) is 0 Å². The van der Waals surface area contributed by atoms with Crippen molar-refractivity contribution in [3.05, 3.63) is 82.1 Å². The maximum Gasteiger partial charge on any atom is 0.253 e. The fraction of sp³-hybridized carbons (Fsp3) is 0.304. The van der Waals surface area contributed by atoms with Crippen LogP contribution in [0.15, 0.2) is 65.4 Å². The fourth-order valence-corrected chi connectivity index (χ4v) is 3.97. The summed E-state index contributed by atoms with van der Waals surface area (Å²) in [6, 6.07) is 15.5. The second kappa shape index (κ2) is 9.45. The molecule has 4 rings (SSSR count). The molecule has 0 saturated carbocycles. The molecule has 0 spiro atoms. The molecule has 0 aliphatic carbocycles. The molecule has 1 amide bonds. The van der Waals surface area contributed by atoms with E-state index in [1.165, 1.54) is 5.56 Å². The minimum atomic E-state index is 0.0919. The molecule has 156 valence electrons. The largest absolute Gasteiger partial charge is 0.488 e. The summed E-state index contributed by atoms with van der Waals surface area (Å²) >= 11 is 3.49. The average molecular weight is 469 g/mol. The molecule has 2 aromatic carbocycles. The van der Waals surface area contributed by atoms with Crippen molar-refractivity contribution in [3.63, 3.8) is 0 Å². The maximum atomic E-state index is 12.9. The predicted octanol–water partition coefficient (Wildman–Crippen LogP) is 3.72. The van der Waals surface area contributed by atoms with Crippen molar-refractivity contribution >= 4 is 21.8 Å². The van der Waals surface area contributed by atoms with Crippen LogP contribution in [-0.4, -0.2) is 51.7 Å². The molecule has 30 heavy (non-hydrogen) atoms. The first-order chi connectivity index (χ1) is 14.6. The van der Waals surface area contributed by atoms with Crippen LogP contribution in [0.1, 0.15) is 21.5 Å². The Balaban J connectivity index is 1.28. The molecule has 6 nitrogen and oxygen atoms in total. The van der Waals surface area contributed by atoms with Gasteiger partial charge in [0.2, 0.25) is 0 Å². The zero-order valence-corrected chi connectivity index (χ0v) is 18.6. The number of hydrogen-bond acceptors (Lipinski definition) is 4. The number of carbonyl (C=O) groups excluding carboxylic acids is 1. The van der Waals surface area contributed by atoms with Crippen molar-refractivity contribution in [2.75, 3.05) is 26.2 Å². The van der Waals surface area contributed by atoms with Gasteiger partial charge in [0.05, 0.1) is 10.7 Å². The van der Waals surface area contributed by atoms with Crippen LogP contribution in [0, 0.1) is 0 Å². The quantitative estimate of drug-likeness (QED) is 0.553. The normalized spacial score (nSPS) is 14.7. The van der Waals surface area contributed by atoms with Crippen molar-refractivity contribution in [2.45, 2.75) is 13.2 Å². The number of piperazine rings is 1. The van der Waals surface area contributed by atoms with E-state index in [9.17, 15) is 4.79 Å². The number of nitrogens with zero attached hydrogens (tertiary/aromatic N) is 4. The lowest BCUT2D eigenvalue weighted by Gasteiger charge is -2.34. The first-order valence-electron chi connectivity index (χ1n) is 10.0. The zero-order chi connectivity index (χ0) is 20.9. The van der Waals surface area contributed by atoms with E-state index in [0.717, 1.165) is 54.1 Å². The molecular weight excluding hydrogens is 444 g/mol. The van der Waals surface area contributed by atoms with E-state index in [2.05, 4.69) is 25.9 Å². The van der Waals surface area contributed by atoms with E-state index < -0.39 is 0 Å². The smallest absolute Gasteiger partial charge is 0.253 e. The highest BCUT2D eigenvalue weighted by Gasteiger charge is 2.22. The van der Waals surface area contributed by atoms with Crippen molar-refractivity contribution in [1.82, 2.24) is 19.6 Å². The number of amides is 1. The molecule has 3 aromatic rings. The second-order valence-corrected chi connectivity index (χ2v) is 8.36. The number of hydrogen-bond donors (Lipinski definition) is 0. The monoisotopic (exact) mass is 468 g/mol. The van der Waals surface area contributed by atoms with Crippen LogP contribution in [0.4, 0.5) is 0 Å². The van der Waals surface area contributed by atoms with Crippen molar-refractivity contribution < 1.29 is 9.53 Å². The van der Waals surface area contributed by atoms with Crippen LogP contribution in [0.5, 0.6) is 5.75 Å². The van der Waals surface area contributed by atoms with E-state index in [4.69, 9.17) is 4.74 Å². The van der Waals surface area contributed by atoms with Crippen LogP contribution < -0.4 is 4.74 Å². The third-order valence-electron chi connectivity index (χ3n) is 5.26. The molecule has 0 atom stereocenters. The van der Waals surface area contributed by atoms with Crippen LogP contribution in [0.3, 0.4) is 0 Å². The average Bonchev–Trinajstić information content (AvgIpc) is 3.18. The first kappa shape index (κ1) is 20.6. The standard InChI is InChI=1S/C23H25BrN4O2/c1-26-15-19(14-25-26)16-27-10-12-28(13-11-27)23(29)20-8-6-18(7-9-20)17-30-22-5-3-2-4-21(22)24/h2-9,14-15H,10-13,16-17H2,1H3. The van der Waals surface area contributed by atoms with Crippen LogP contribution in [0.2, 0.25) is 0 Å². The number of rotatable bonds is 6. The summed E-state index contributed by atoms with van der Waals surface area (Å²) in [5, 5.41) is 4.22. The van der Waals surface area contributed by atoms with Crippen LogP contribution >= 0.6 is 15.9 Å².